The van der Waals surface area contributed by atoms with Crippen LogP contribution in [0.5, 0.6) is 0 Å². The largest absolute Gasteiger partial charge is 0.299 e. The monoisotopic (exact) mass is 221 g/mol. The Labute approximate surface area is 91.8 Å². The summed E-state index contributed by atoms with van der Waals surface area (Å²) in [4.78, 5) is 25.1. The first-order valence-electron chi connectivity index (χ1n) is 4.54. The van der Waals surface area contributed by atoms with Crippen molar-refractivity contribution < 1.29 is 9.59 Å². The second kappa shape index (κ2) is 3.61. The van der Waals surface area contributed by atoms with Crippen molar-refractivity contribution in [1.82, 2.24) is 0 Å². The molecule has 1 aromatic rings. The highest BCUT2D eigenvalue weighted by atomic mass is 35.5. The van der Waals surface area contributed by atoms with Crippen LogP contribution in [0.3, 0.4) is 0 Å². The molecule has 76 valence electrons. The number of carbonyl (C=O) groups excluding carboxylic acids is 2. The summed E-state index contributed by atoms with van der Waals surface area (Å²) in [6.07, 6.45) is 2.00. The lowest BCUT2D eigenvalue weighted by atomic mass is 9.71. The maximum atomic E-state index is 11.0. The van der Waals surface area contributed by atoms with Crippen molar-refractivity contribution in [3.63, 3.8) is 0 Å². The lowest BCUT2D eigenvalue weighted by Gasteiger charge is -2.36. The van der Waals surface area contributed by atoms with Crippen molar-refractivity contribution in [2.45, 2.75) is 18.4 Å². The first-order valence-corrected chi connectivity index (χ1v) is 4.91. The Morgan fingerprint density at radius 3 is 2.53 bits per heavy atom. The summed E-state index contributed by atoms with van der Waals surface area (Å²) >= 11 is 6.00. The van der Waals surface area contributed by atoms with E-state index < -0.39 is 5.54 Å². The SMILES string of the molecule is O=C=NC1(c2ccccc2Cl)CC(=O)C1. The lowest BCUT2D eigenvalue weighted by Crippen LogP contribution is -2.40. The Kier molecular flexibility index (Phi) is 2.43. The number of nitrogens with zero attached hydrogens (tertiary/aromatic N) is 1. The molecule has 1 fully saturated rings. The minimum atomic E-state index is -0.753. The van der Waals surface area contributed by atoms with Crippen LogP contribution in [-0.2, 0) is 15.1 Å². The molecule has 0 spiro atoms. The fourth-order valence-corrected chi connectivity index (χ4v) is 2.17. The van der Waals surface area contributed by atoms with Gasteiger partial charge in [-0.1, -0.05) is 29.8 Å². The molecule has 0 aromatic heterocycles. The van der Waals surface area contributed by atoms with Crippen molar-refractivity contribution >= 4 is 23.5 Å². The number of halogens is 1. The number of Topliss-reactive ketones (excluding diaryl/α,β-unsaturated/α-hetero) is 1. The molecule has 1 saturated carbocycles. The zero-order valence-corrected chi connectivity index (χ0v) is 8.62. The molecule has 1 aromatic carbocycles. The first-order chi connectivity index (χ1) is 7.18. The summed E-state index contributed by atoms with van der Waals surface area (Å²) < 4.78 is 0. The van der Waals surface area contributed by atoms with Crippen LogP contribution in [0.1, 0.15) is 18.4 Å². The molecule has 2 rings (SSSR count). The number of rotatable bonds is 2. The molecule has 0 heterocycles. The number of hydrogen-bond donors (Lipinski definition) is 0. The third-order valence-electron chi connectivity index (χ3n) is 2.61. The summed E-state index contributed by atoms with van der Waals surface area (Å²) in [7, 11) is 0. The van der Waals surface area contributed by atoms with Crippen molar-refractivity contribution in [2.75, 3.05) is 0 Å². The minimum absolute atomic E-state index is 0.0916. The van der Waals surface area contributed by atoms with Crippen molar-refractivity contribution in [3.8, 4) is 0 Å². The number of aliphatic imine (C=N–C) groups is 1. The molecule has 0 saturated heterocycles. The summed E-state index contributed by atoms with van der Waals surface area (Å²) in [6, 6.07) is 7.12. The molecule has 0 bridgehead atoms. The van der Waals surface area contributed by atoms with E-state index in [1.807, 2.05) is 6.07 Å². The molecule has 0 radical (unpaired) electrons. The fraction of sp³-hybridized carbons (Fsp3) is 0.273. The molecular weight excluding hydrogens is 214 g/mol. The Balaban J connectivity index is 2.47. The number of isocyanates is 1. The molecule has 0 atom stereocenters. The van der Waals surface area contributed by atoms with E-state index in [4.69, 9.17) is 11.6 Å². The highest BCUT2D eigenvalue weighted by Gasteiger charge is 2.46. The fourth-order valence-electron chi connectivity index (χ4n) is 1.86. The number of benzene rings is 1. The number of hydrogen-bond acceptors (Lipinski definition) is 3. The number of carbonyl (C=O) groups is 1. The zero-order chi connectivity index (χ0) is 10.9. The smallest absolute Gasteiger partial charge is 0.235 e. The van der Waals surface area contributed by atoms with Gasteiger partial charge in [0, 0.05) is 17.9 Å². The van der Waals surface area contributed by atoms with Gasteiger partial charge in [-0.25, -0.2) is 4.79 Å². The maximum absolute atomic E-state index is 11.0. The summed E-state index contributed by atoms with van der Waals surface area (Å²) in [5, 5.41) is 0.531. The van der Waals surface area contributed by atoms with E-state index in [-0.39, 0.29) is 18.6 Å². The van der Waals surface area contributed by atoms with E-state index in [0.717, 1.165) is 5.56 Å². The third-order valence-corrected chi connectivity index (χ3v) is 2.94. The van der Waals surface area contributed by atoms with Crippen LogP contribution in [0.25, 0.3) is 0 Å². The Morgan fingerprint density at radius 2 is 2.00 bits per heavy atom. The van der Waals surface area contributed by atoms with Crippen LogP contribution >= 0.6 is 11.6 Å². The van der Waals surface area contributed by atoms with Gasteiger partial charge in [-0.05, 0) is 11.6 Å². The Hall–Kier alpha value is -1.44. The van der Waals surface area contributed by atoms with Crippen LogP contribution in [0, 0.1) is 0 Å². The number of ketones is 1. The van der Waals surface area contributed by atoms with E-state index in [9.17, 15) is 9.59 Å². The highest BCUT2D eigenvalue weighted by Crippen LogP contribution is 2.44. The first kappa shape index (κ1) is 10.1. The summed E-state index contributed by atoms with van der Waals surface area (Å²) in [5.74, 6) is 0.0916. The molecule has 0 aliphatic heterocycles. The molecule has 0 N–H and O–H groups in total. The Morgan fingerprint density at radius 1 is 1.33 bits per heavy atom. The second-order valence-corrected chi connectivity index (χ2v) is 4.01. The minimum Gasteiger partial charge on any atom is -0.299 e. The normalized spacial score (nSPS) is 17.8. The van der Waals surface area contributed by atoms with Gasteiger partial charge in [-0.3, -0.25) is 4.79 Å². The van der Waals surface area contributed by atoms with Crippen LogP contribution in [0.4, 0.5) is 0 Å². The van der Waals surface area contributed by atoms with E-state index in [2.05, 4.69) is 4.99 Å². The molecule has 0 unspecified atom stereocenters. The third kappa shape index (κ3) is 1.60. The highest BCUT2D eigenvalue weighted by molar-refractivity contribution is 6.31. The average molecular weight is 222 g/mol. The van der Waals surface area contributed by atoms with Crippen molar-refractivity contribution in [2.24, 2.45) is 4.99 Å². The zero-order valence-electron chi connectivity index (χ0n) is 7.87. The van der Waals surface area contributed by atoms with Gasteiger partial charge in [0.1, 0.15) is 11.3 Å². The molecule has 4 heteroatoms. The van der Waals surface area contributed by atoms with Gasteiger partial charge in [0.05, 0.1) is 0 Å². The van der Waals surface area contributed by atoms with Gasteiger partial charge in [0.25, 0.3) is 0 Å². The lowest BCUT2D eigenvalue weighted by molar-refractivity contribution is -0.128. The van der Waals surface area contributed by atoms with Crippen molar-refractivity contribution in [3.05, 3.63) is 34.9 Å². The quantitative estimate of drug-likeness (QED) is 0.568. The van der Waals surface area contributed by atoms with Gasteiger partial charge in [0.2, 0.25) is 6.08 Å². The predicted octanol–water partition coefficient (Wildman–Crippen LogP) is 2.23. The standard InChI is InChI=1S/C11H8ClNO2/c12-10-4-2-1-3-9(10)11(13-7-14)5-8(15)6-11/h1-4H,5-6H2. The van der Waals surface area contributed by atoms with E-state index in [1.54, 1.807) is 18.2 Å². The predicted molar refractivity (Wildman–Crippen MR) is 55.5 cm³/mol. The maximum Gasteiger partial charge on any atom is 0.235 e. The topological polar surface area (TPSA) is 46.5 Å². The van der Waals surface area contributed by atoms with Gasteiger partial charge in [-0.2, -0.15) is 4.99 Å². The average Bonchev–Trinajstić information content (AvgIpc) is 2.16. The summed E-state index contributed by atoms with van der Waals surface area (Å²) in [6.45, 7) is 0. The van der Waals surface area contributed by atoms with E-state index in [1.165, 1.54) is 6.08 Å². The van der Waals surface area contributed by atoms with E-state index >= 15 is 0 Å². The van der Waals surface area contributed by atoms with Gasteiger partial charge in [0.15, 0.2) is 0 Å². The summed E-state index contributed by atoms with van der Waals surface area (Å²) in [5.41, 5.74) is -0.0217. The molecule has 1 aliphatic rings. The Bertz CT molecular complexity index is 455. The van der Waals surface area contributed by atoms with Gasteiger partial charge in [-0.15, -0.1) is 0 Å². The van der Waals surface area contributed by atoms with E-state index in [0.29, 0.717) is 5.02 Å². The molecule has 3 nitrogen and oxygen atoms in total. The molecule has 0 amide bonds. The van der Waals surface area contributed by atoms with Gasteiger partial charge < -0.3 is 0 Å². The van der Waals surface area contributed by atoms with Crippen LogP contribution in [0.2, 0.25) is 5.02 Å². The van der Waals surface area contributed by atoms with Crippen LogP contribution in [0.15, 0.2) is 29.3 Å². The van der Waals surface area contributed by atoms with Crippen molar-refractivity contribution in [1.29, 1.82) is 0 Å². The second-order valence-electron chi connectivity index (χ2n) is 3.61. The molecular formula is C11H8ClNO2. The molecule has 1 aliphatic carbocycles. The van der Waals surface area contributed by atoms with Crippen LogP contribution in [-0.4, -0.2) is 11.9 Å². The molecule has 15 heavy (non-hydrogen) atoms. The van der Waals surface area contributed by atoms with Crippen LogP contribution < -0.4 is 0 Å². The van der Waals surface area contributed by atoms with Gasteiger partial charge >= 0.3 is 0 Å².